The molecule has 3 amide bonds. The highest BCUT2D eigenvalue weighted by molar-refractivity contribution is 8.26. The number of thiocarbonyl (C=S) groups is 1. The first-order valence-electron chi connectivity index (χ1n) is 8.50. The average Bonchev–Trinajstić information content (AvgIpc) is 3.12. The van der Waals surface area contributed by atoms with Gasteiger partial charge in [-0.3, -0.25) is 19.3 Å². The summed E-state index contributed by atoms with van der Waals surface area (Å²) in [6.45, 7) is 0. The lowest BCUT2D eigenvalue weighted by atomic mass is 10.2. The minimum atomic E-state index is -1.02. The molecule has 0 aliphatic carbocycles. The molecule has 5 nitrogen and oxygen atoms in total. The van der Waals surface area contributed by atoms with Crippen LogP contribution in [0.2, 0.25) is 5.02 Å². The first kappa shape index (κ1) is 19.8. The van der Waals surface area contributed by atoms with Crippen LogP contribution < -0.4 is 4.90 Å². The fourth-order valence-corrected chi connectivity index (χ4v) is 4.62. The number of hydrogen-bond acceptors (Lipinski definition) is 5. The number of halogens is 2. The highest BCUT2D eigenvalue weighted by Gasteiger charge is 2.48. The fraction of sp³-hybridized carbons (Fsp3) is 0.100. The van der Waals surface area contributed by atoms with Crippen molar-refractivity contribution in [2.75, 3.05) is 4.90 Å². The highest BCUT2D eigenvalue weighted by atomic mass is 35.5. The van der Waals surface area contributed by atoms with Crippen molar-refractivity contribution in [2.45, 2.75) is 12.5 Å². The Morgan fingerprint density at radius 3 is 2.38 bits per heavy atom. The zero-order valence-electron chi connectivity index (χ0n) is 14.7. The van der Waals surface area contributed by atoms with Gasteiger partial charge in [0.2, 0.25) is 5.91 Å². The van der Waals surface area contributed by atoms with E-state index in [-0.39, 0.29) is 16.4 Å². The summed E-state index contributed by atoms with van der Waals surface area (Å²) in [5.74, 6) is -1.94. The lowest BCUT2D eigenvalue weighted by Crippen LogP contribution is -2.44. The van der Waals surface area contributed by atoms with Gasteiger partial charge in [0.05, 0.1) is 17.0 Å². The Labute approximate surface area is 180 Å². The molecular weight excluding hydrogens is 435 g/mol. The topological polar surface area (TPSA) is 57.7 Å². The maximum absolute atomic E-state index is 13.2. The number of carbonyl (C=O) groups is 3. The van der Waals surface area contributed by atoms with Crippen LogP contribution in [0.3, 0.4) is 0 Å². The summed E-state index contributed by atoms with van der Waals surface area (Å²) in [5.41, 5.74) is 1.02. The smallest absolute Gasteiger partial charge is 0.266 e. The van der Waals surface area contributed by atoms with E-state index in [0.29, 0.717) is 9.93 Å². The second-order valence-electron chi connectivity index (χ2n) is 6.37. The van der Waals surface area contributed by atoms with Gasteiger partial charge in [0, 0.05) is 5.02 Å². The summed E-state index contributed by atoms with van der Waals surface area (Å²) in [6.07, 6.45) is 1.48. The number of thioether (sulfide) groups is 1. The minimum Gasteiger partial charge on any atom is -0.280 e. The molecule has 2 heterocycles. The second kappa shape index (κ2) is 7.70. The Hall–Kier alpha value is -2.55. The Bertz CT molecular complexity index is 1070. The van der Waals surface area contributed by atoms with Crippen LogP contribution in [-0.4, -0.2) is 33.0 Å². The van der Waals surface area contributed by atoms with E-state index in [1.54, 1.807) is 30.3 Å². The molecule has 2 aliphatic heterocycles. The van der Waals surface area contributed by atoms with Gasteiger partial charge in [-0.15, -0.1) is 0 Å². The summed E-state index contributed by atoms with van der Waals surface area (Å²) in [4.78, 5) is 40.8. The molecule has 0 radical (unpaired) electrons. The van der Waals surface area contributed by atoms with Gasteiger partial charge >= 0.3 is 0 Å². The average molecular weight is 447 g/mol. The molecule has 2 saturated heterocycles. The molecule has 29 heavy (non-hydrogen) atoms. The fourth-order valence-electron chi connectivity index (χ4n) is 3.14. The molecule has 0 saturated carbocycles. The van der Waals surface area contributed by atoms with Crippen LogP contribution >= 0.6 is 35.6 Å². The van der Waals surface area contributed by atoms with E-state index in [1.807, 2.05) is 0 Å². The Morgan fingerprint density at radius 2 is 1.72 bits per heavy atom. The van der Waals surface area contributed by atoms with Crippen LogP contribution in [0, 0.1) is 5.82 Å². The van der Waals surface area contributed by atoms with Crippen LogP contribution in [0.15, 0.2) is 53.4 Å². The maximum atomic E-state index is 13.2. The van der Waals surface area contributed by atoms with Crippen LogP contribution in [0.25, 0.3) is 6.08 Å². The third-order valence-electron chi connectivity index (χ3n) is 4.51. The van der Waals surface area contributed by atoms with Gasteiger partial charge < -0.3 is 0 Å². The molecule has 2 aliphatic rings. The van der Waals surface area contributed by atoms with Gasteiger partial charge in [0.15, 0.2) is 0 Å². The molecule has 2 fully saturated rings. The SMILES string of the molecule is O=C1CC(N2C(=O)C(=Cc3ccc(Cl)cc3)SC2=S)C(=O)N1c1ccc(F)cc1. The molecule has 2 aromatic carbocycles. The van der Waals surface area contributed by atoms with Crippen molar-refractivity contribution in [2.24, 2.45) is 0 Å². The van der Waals surface area contributed by atoms with Gasteiger partial charge in [0.25, 0.3) is 11.8 Å². The summed E-state index contributed by atoms with van der Waals surface area (Å²) >= 11 is 12.3. The van der Waals surface area contributed by atoms with Crippen LogP contribution in [0.1, 0.15) is 12.0 Å². The molecule has 1 atom stereocenters. The first-order chi connectivity index (χ1) is 13.8. The lowest BCUT2D eigenvalue weighted by molar-refractivity contribution is -0.129. The first-order valence-corrected chi connectivity index (χ1v) is 10.1. The van der Waals surface area contributed by atoms with Crippen LogP contribution in [-0.2, 0) is 14.4 Å². The van der Waals surface area contributed by atoms with Crippen molar-refractivity contribution in [3.8, 4) is 0 Å². The van der Waals surface area contributed by atoms with Gasteiger partial charge in [0.1, 0.15) is 16.2 Å². The highest BCUT2D eigenvalue weighted by Crippen LogP contribution is 2.37. The van der Waals surface area contributed by atoms with Crippen molar-refractivity contribution in [1.29, 1.82) is 0 Å². The summed E-state index contributed by atoms with van der Waals surface area (Å²) in [5, 5.41) is 0.575. The predicted octanol–water partition coefficient (Wildman–Crippen LogP) is 4.01. The van der Waals surface area contributed by atoms with E-state index in [4.69, 9.17) is 23.8 Å². The van der Waals surface area contributed by atoms with E-state index in [1.165, 1.54) is 17.0 Å². The third-order valence-corrected chi connectivity index (χ3v) is 6.09. The molecule has 0 aromatic heterocycles. The van der Waals surface area contributed by atoms with Crippen LogP contribution in [0.5, 0.6) is 0 Å². The molecule has 9 heteroatoms. The number of nitrogens with zero attached hydrogens (tertiary/aromatic N) is 2. The van der Waals surface area contributed by atoms with Crippen molar-refractivity contribution >= 4 is 69.4 Å². The molecule has 0 N–H and O–H groups in total. The molecule has 4 rings (SSSR count). The summed E-state index contributed by atoms with van der Waals surface area (Å²) < 4.78 is 13.4. The van der Waals surface area contributed by atoms with Crippen LogP contribution in [0.4, 0.5) is 10.1 Å². The van der Waals surface area contributed by atoms with Crippen molar-refractivity contribution in [3.05, 3.63) is 69.8 Å². The van der Waals surface area contributed by atoms with Gasteiger partial charge in [-0.25, -0.2) is 9.29 Å². The molecule has 146 valence electrons. The van der Waals surface area contributed by atoms with E-state index < -0.39 is 29.6 Å². The van der Waals surface area contributed by atoms with Crippen molar-refractivity contribution in [3.63, 3.8) is 0 Å². The van der Waals surface area contributed by atoms with E-state index in [9.17, 15) is 18.8 Å². The molecule has 2 aromatic rings. The Kier molecular flexibility index (Phi) is 5.24. The van der Waals surface area contributed by atoms with Gasteiger partial charge in [-0.1, -0.05) is 47.7 Å². The van der Waals surface area contributed by atoms with E-state index in [0.717, 1.165) is 34.4 Å². The molecule has 0 spiro atoms. The van der Waals surface area contributed by atoms with Gasteiger partial charge in [-0.2, -0.15) is 0 Å². The number of amides is 3. The number of benzene rings is 2. The lowest BCUT2D eigenvalue weighted by Gasteiger charge is -2.21. The maximum Gasteiger partial charge on any atom is 0.266 e. The zero-order valence-corrected chi connectivity index (χ0v) is 17.1. The van der Waals surface area contributed by atoms with Crippen molar-refractivity contribution < 1.29 is 18.8 Å². The van der Waals surface area contributed by atoms with E-state index in [2.05, 4.69) is 0 Å². The summed E-state index contributed by atoms with van der Waals surface area (Å²) in [6, 6.07) is 10.9. The second-order valence-corrected chi connectivity index (χ2v) is 8.48. The summed E-state index contributed by atoms with van der Waals surface area (Å²) in [7, 11) is 0. The van der Waals surface area contributed by atoms with Crippen molar-refractivity contribution in [1.82, 2.24) is 4.90 Å². The normalized spacial score (nSPS) is 21.0. The standard InChI is InChI=1S/C20H12ClFN2O3S2/c21-12-3-1-11(2-4-12)9-16-19(27)24(20(28)29-16)15-10-17(25)23(18(15)26)14-7-5-13(22)6-8-14/h1-9,15H,10H2. The molecular formula is C20H12ClFN2O3S2. The van der Waals surface area contributed by atoms with Gasteiger partial charge in [-0.05, 0) is 48.0 Å². The Morgan fingerprint density at radius 1 is 1.07 bits per heavy atom. The monoisotopic (exact) mass is 446 g/mol. The largest absolute Gasteiger partial charge is 0.280 e. The minimum absolute atomic E-state index is 0.184. The quantitative estimate of drug-likeness (QED) is 0.405. The molecule has 0 bridgehead atoms. The molecule has 1 unspecified atom stereocenters. The number of hydrogen-bond donors (Lipinski definition) is 0. The Balaban J connectivity index is 1.59. The number of carbonyl (C=O) groups excluding carboxylic acids is 3. The third kappa shape index (κ3) is 3.71. The zero-order chi connectivity index (χ0) is 20.7. The number of anilines is 1. The number of imide groups is 1. The predicted molar refractivity (Wildman–Crippen MR) is 114 cm³/mol. The van der Waals surface area contributed by atoms with E-state index >= 15 is 0 Å². The number of rotatable bonds is 3.